The molecule has 0 aromatic heterocycles. The quantitative estimate of drug-likeness (QED) is 0.447. The van der Waals surface area contributed by atoms with Crippen molar-refractivity contribution in [3.05, 3.63) is 42.5 Å². The van der Waals surface area contributed by atoms with Crippen molar-refractivity contribution in [1.29, 1.82) is 0 Å². The van der Waals surface area contributed by atoms with Crippen LogP contribution in [0.5, 0.6) is 0 Å². The molecular weight excluding hydrogens is 214 g/mol. The molecule has 0 aliphatic heterocycles. The SMILES string of the molecule is C=CC(=O)OCCNc1cccc(CCC)c1. The number of benzene rings is 1. The lowest BCUT2D eigenvalue weighted by Gasteiger charge is -2.08. The van der Waals surface area contributed by atoms with E-state index in [0.29, 0.717) is 13.2 Å². The Bertz CT molecular complexity index is 374. The van der Waals surface area contributed by atoms with Crippen LogP contribution in [0.25, 0.3) is 0 Å². The average Bonchev–Trinajstić information content (AvgIpc) is 2.35. The van der Waals surface area contributed by atoms with Gasteiger partial charge >= 0.3 is 5.97 Å². The summed E-state index contributed by atoms with van der Waals surface area (Å²) in [6.07, 6.45) is 3.39. The molecule has 0 amide bonds. The number of nitrogens with one attached hydrogen (secondary N) is 1. The van der Waals surface area contributed by atoms with Crippen LogP contribution in [-0.2, 0) is 16.0 Å². The molecule has 0 aliphatic carbocycles. The van der Waals surface area contributed by atoms with Crippen LogP contribution >= 0.6 is 0 Å². The van der Waals surface area contributed by atoms with Crippen molar-refractivity contribution in [3.63, 3.8) is 0 Å². The van der Waals surface area contributed by atoms with Crippen LogP contribution < -0.4 is 5.32 Å². The Morgan fingerprint density at radius 3 is 3.06 bits per heavy atom. The number of rotatable bonds is 7. The van der Waals surface area contributed by atoms with Gasteiger partial charge in [-0.15, -0.1) is 0 Å². The summed E-state index contributed by atoms with van der Waals surface area (Å²) in [7, 11) is 0. The van der Waals surface area contributed by atoms with Gasteiger partial charge in [-0.05, 0) is 24.1 Å². The van der Waals surface area contributed by atoms with Crippen molar-refractivity contribution in [2.75, 3.05) is 18.5 Å². The lowest BCUT2D eigenvalue weighted by molar-refractivity contribution is -0.137. The van der Waals surface area contributed by atoms with Gasteiger partial charge in [-0.2, -0.15) is 0 Å². The first-order valence-corrected chi connectivity index (χ1v) is 5.88. The minimum Gasteiger partial charge on any atom is -0.461 e. The first kappa shape index (κ1) is 13.3. The van der Waals surface area contributed by atoms with Crippen molar-refractivity contribution >= 4 is 11.7 Å². The largest absolute Gasteiger partial charge is 0.461 e. The molecule has 17 heavy (non-hydrogen) atoms. The standard InChI is InChI=1S/C14H19NO2/c1-3-6-12-7-5-8-13(11-12)15-9-10-17-14(16)4-2/h4-5,7-8,11,15H,2-3,6,9-10H2,1H3. The van der Waals surface area contributed by atoms with Gasteiger partial charge in [-0.1, -0.05) is 32.1 Å². The normalized spacial score (nSPS) is 9.71. The molecule has 1 rings (SSSR count). The molecule has 1 aromatic carbocycles. The predicted octanol–water partition coefficient (Wildman–Crippen LogP) is 2.78. The molecule has 3 nitrogen and oxygen atoms in total. The number of hydrogen-bond acceptors (Lipinski definition) is 3. The Morgan fingerprint density at radius 2 is 2.35 bits per heavy atom. The zero-order valence-electron chi connectivity index (χ0n) is 10.2. The van der Waals surface area contributed by atoms with Gasteiger partial charge in [0.15, 0.2) is 0 Å². The number of carbonyl (C=O) groups is 1. The van der Waals surface area contributed by atoms with E-state index in [-0.39, 0.29) is 5.97 Å². The Kier molecular flexibility index (Phi) is 5.86. The highest BCUT2D eigenvalue weighted by atomic mass is 16.5. The third-order valence-electron chi connectivity index (χ3n) is 2.31. The predicted molar refractivity (Wildman–Crippen MR) is 70.1 cm³/mol. The number of hydrogen-bond donors (Lipinski definition) is 1. The smallest absolute Gasteiger partial charge is 0.330 e. The molecular formula is C14H19NO2. The third-order valence-corrected chi connectivity index (χ3v) is 2.31. The van der Waals surface area contributed by atoms with E-state index < -0.39 is 0 Å². The second kappa shape index (κ2) is 7.49. The maximum Gasteiger partial charge on any atom is 0.330 e. The fourth-order valence-electron chi connectivity index (χ4n) is 1.53. The monoisotopic (exact) mass is 233 g/mol. The highest BCUT2D eigenvalue weighted by Crippen LogP contribution is 2.11. The van der Waals surface area contributed by atoms with Gasteiger partial charge in [0.2, 0.25) is 0 Å². The molecule has 0 saturated heterocycles. The molecule has 0 spiro atoms. The number of aryl methyl sites for hydroxylation is 1. The van der Waals surface area contributed by atoms with Gasteiger partial charge in [-0.25, -0.2) is 4.79 Å². The van der Waals surface area contributed by atoms with Crippen LogP contribution in [0.2, 0.25) is 0 Å². The Balaban J connectivity index is 2.33. The third kappa shape index (κ3) is 5.20. The topological polar surface area (TPSA) is 38.3 Å². The van der Waals surface area contributed by atoms with E-state index in [9.17, 15) is 4.79 Å². The van der Waals surface area contributed by atoms with Crippen molar-refractivity contribution < 1.29 is 9.53 Å². The summed E-state index contributed by atoms with van der Waals surface area (Å²) < 4.78 is 4.87. The Labute approximate surface area is 102 Å². The van der Waals surface area contributed by atoms with Crippen LogP contribution in [0.1, 0.15) is 18.9 Å². The van der Waals surface area contributed by atoms with Gasteiger partial charge in [0.1, 0.15) is 6.61 Å². The maximum atomic E-state index is 10.8. The second-order valence-electron chi connectivity index (χ2n) is 3.75. The number of esters is 1. The maximum absolute atomic E-state index is 10.8. The van der Waals surface area contributed by atoms with Crippen LogP contribution in [0.4, 0.5) is 5.69 Å². The fourth-order valence-corrected chi connectivity index (χ4v) is 1.53. The molecule has 1 aromatic rings. The van der Waals surface area contributed by atoms with Crippen molar-refractivity contribution in [2.45, 2.75) is 19.8 Å². The molecule has 0 bridgehead atoms. The van der Waals surface area contributed by atoms with Crippen LogP contribution in [0.3, 0.4) is 0 Å². The first-order valence-electron chi connectivity index (χ1n) is 5.88. The van der Waals surface area contributed by atoms with Gasteiger partial charge in [0.05, 0.1) is 0 Å². The van der Waals surface area contributed by atoms with E-state index in [1.807, 2.05) is 12.1 Å². The number of carbonyl (C=O) groups excluding carboxylic acids is 1. The van der Waals surface area contributed by atoms with E-state index in [4.69, 9.17) is 4.74 Å². The Hall–Kier alpha value is -1.77. The fraction of sp³-hybridized carbons (Fsp3) is 0.357. The minimum atomic E-state index is -0.383. The van der Waals surface area contributed by atoms with Crippen LogP contribution in [-0.4, -0.2) is 19.1 Å². The lowest BCUT2D eigenvalue weighted by atomic mass is 10.1. The summed E-state index contributed by atoms with van der Waals surface area (Å²) in [5, 5.41) is 3.21. The van der Waals surface area contributed by atoms with Gasteiger partial charge < -0.3 is 10.1 Å². The van der Waals surface area contributed by atoms with Crippen molar-refractivity contribution in [1.82, 2.24) is 0 Å². The number of ether oxygens (including phenoxy) is 1. The van der Waals surface area contributed by atoms with Gasteiger partial charge in [0.25, 0.3) is 0 Å². The zero-order valence-corrected chi connectivity index (χ0v) is 10.2. The second-order valence-corrected chi connectivity index (χ2v) is 3.75. The summed E-state index contributed by atoms with van der Waals surface area (Å²) in [5.74, 6) is -0.383. The summed E-state index contributed by atoms with van der Waals surface area (Å²) >= 11 is 0. The van der Waals surface area contributed by atoms with E-state index in [0.717, 1.165) is 18.5 Å². The van der Waals surface area contributed by atoms with E-state index in [1.165, 1.54) is 11.6 Å². The molecule has 3 heteroatoms. The van der Waals surface area contributed by atoms with Crippen molar-refractivity contribution in [3.8, 4) is 0 Å². The Morgan fingerprint density at radius 1 is 1.53 bits per heavy atom. The minimum absolute atomic E-state index is 0.350. The molecule has 0 atom stereocenters. The molecule has 0 radical (unpaired) electrons. The first-order chi connectivity index (χ1) is 8.26. The number of anilines is 1. The summed E-state index contributed by atoms with van der Waals surface area (Å²) in [4.78, 5) is 10.8. The molecule has 0 heterocycles. The summed E-state index contributed by atoms with van der Waals surface area (Å²) in [5.41, 5.74) is 2.38. The lowest BCUT2D eigenvalue weighted by Crippen LogP contribution is -2.12. The van der Waals surface area contributed by atoms with Gasteiger partial charge in [-0.3, -0.25) is 0 Å². The summed E-state index contributed by atoms with van der Waals surface area (Å²) in [6, 6.07) is 8.28. The van der Waals surface area contributed by atoms with E-state index in [1.54, 1.807) is 0 Å². The highest BCUT2D eigenvalue weighted by molar-refractivity contribution is 5.81. The van der Waals surface area contributed by atoms with E-state index in [2.05, 4.69) is 31.0 Å². The van der Waals surface area contributed by atoms with Gasteiger partial charge in [0, 0.05) is 18.3 Å². The molecule has 92 valence electrons. The molecule has 0 unspecified atom stereocenters. The summed E-state index contributed by atoms with van der Waals surface area (Å²) in [6.45, 7) is 6.45. The highest BCUT2D eigenvalue weighted by Gasteiger charge is 1.97. The van der Waals surface area contributed by atoms with Crippen molar-refractivity contribution in [2.24, 2.45) is 0 Å². The molecule has 1 N–H and O–H groups in total. The van der Waals surface area contributed by atoms with Crippen LogP contribution in [0.15, 0.2) is 36.9 Å². The van der Waals surface area contributed by atoms with Crippen LogP contribution in [0, 0.1) is 0 Å². The zero-order chi connectivity index (χ0) is 12.5. The molecule has 0 aliphatic rings. The molecule has 0 saturated carbocycles. The molecule has 0 fully saturated rings. The average molecular weight is 233 g/mol. The van der Waals surface area contributed by atoms with E-state index >= 15 is 0 Å².